The molecule has 0 aliphatic carbocycles. The van der Waals surface area contributed by atoms with Gasteiger partial charge in [0, 0.05) is 20.5 Å². The maximum atomic E-state index is 6.56. The minimum atomic E-state index is 0.811. The van der Waals surface area contributed by atoms with Crippen molar-refractivity contribution in [3.8, 4) is 11.5 Å². The predicted octanol–water partition coefficient (Wildman–Crippen LogP) is 13.3. The topological polar surface area (TPSA) is 18.5 Å². The summed E-state index contributed by atoms with van der Waals surface area (Å²) in [4.78, 5) is 2.66. The first-order valence-electron chi connectivity index (χ1n) is 16.9. The summed E-state index contributed by atoms with van der Waals surface area (Å²) in [5.74, 6) is 2.18. The van der Waals surface area contributed by atoms with Crippen LogP contribution in [-0.4, -0.2) is 13.2 Å². The number of hydrogen-bond donors (Lipinski definition) is 0. The fourth-order valence-electron chi connectivity index (χ4n) is 5.76. The summed E-state index contributed by atoms with van der Waals surface area (Å²) in [6, 6.07) is 4.63. The molecule has 3 rings (SSSR count). The van der Waals surface area contributed by atoms with Crippen LogP contribution in [0, 0.1) is 13.8 Å². The van der Waals surface area contributed by atoms with Crippen LogP contribution in [0.1, 0.15) is 152 Å². The molecule has 0 saturated heterocycles. The summed E-state index contributed by atoms with van der Waals surface area (Å²) in [6.07, 6.45) is 27.0. The van der Waals surface area contributed by atoms with E-state index < -0.39 is 0 Å². The van der Waals surface area contributed by atoms with Crippen molar-refractivity contribution < 1.29 is 9.47 Å². The minimum Gasteiger partial charge on any atom is -0.491 e. The average molecular weight is 587 g/mol. The van der Waals surface area contributed by atoms with Gasteiger partial charge in [-0.1, -0.05) is 129 Å². The zero-order valence-electron chi connectivity index (χ0n) is 26.3. The van der Waals surface area contributed by atoms with E-state index in [4.69, 9.17) is 9.47 Å². The maximum absolute atomic E-state index is 6.56. The average Bonchev–Trinajstić information content (AvgIpc) is 3.52. The normalized spacial score (nSPS) is 11.7. The van der Waals surface area contributed by atoms with Gasteiger partial charge < -0.3 is 9.47 Å². The molecule has 2 nitrogen and oxygen atoms in total. The standard InChI is InChI=1S/C36H58O2S2/c1-5-7-9-11-13-15-17-19-21-23-25-37-33-31-27-29(3)40-36(31)34(32-28-30(4)39-35(32)33)38-26-24-22-20-18-16-14-12-10-8-6-2/h27-28H,5-26H2,1-4H3. The Morgan fingerprint density at radius 2 is 0.750 bits per heavy atom. The Hall–Kier alpha value is -1.26. The SMILES string of the molecule is CCCCCCCCCCCCOc1c2cc(C)sc2c(OCCCCCCCCCCCC)c2cc(C)sc12. The molecule has 0 aliphatic rings. The first-order valence-corrected chi connectivity index (χ1v) is 18.5. The Balaban J connectivity index is 1.47. The van der Waals surface area contributed by atoms with Gasteiger partial charge in [-0.3, -0.25) is 0 Å². The second-order valence-corrected chi connectivity index (χ2v) is 14.4. The fourth-order valence-corrected chi connectivity index (χ4v) is 7.81. The molecule has 0 spiro atoms. The highest BCUT2D eigenvalue weighted by Gasteiger charge is 2.20. The van der Waals surface area contributed by atoms with E-state index in [-0.39, 0.29) is 0 Å². The highest BCUT2D eigenvalue weighted by molar-refractivity contribution is 7.21. The Kier molecular flexibility index (Phi) is 16.4. The van der Waals surface area contributed by atoms with Crippen molar-refractivity contribution >= 4 is 42.8 Å². The smallest absolute Gasteiger partial charge is 0.146 e. The van der Waals surface area contributed by atoms with Crippen LogP contribution in [0.3, 0.4) is 0 Å². The molecular weight excluding hydrogens is 529 g/mol. The Morgan fingerprint density at radius 1 is 0.450 bits per heavy atom. The summed E-state index contributed by atoms with van der Waals surface area (Å²) < 4.78 is 15.7. The number of ether oxygens (including phenoxy) is 2. The van der Waals surface area contributed by atoms with E-state index in [0.29, 0.717) is 0 Å². The van der Waals surface area contributed by atoms with Crippen LogP contribution >= 0.6 is 22.7 Å². The van der Waals surface area contributed by atoms with E-state index in [1.165, 1.54) is 146 Å². The lowest BCUT2D eigenvalue weighted by atomic mass is 10.1. The highest BCUT2D eigenvalue weighted by Crippen LogP contribution is 2.49. The number of benzene rings is 1. The van der Waals surface area contributed by atoms with E-state index in [9.17, 15) is 0 Å². The van der Waals surface area contributed by atoms with Crippen LogP contribution in [0.5, 0.6) is 11.5 Å². The van der Waals surface area contributed by atoms with Gasteiger partial charge in [-0.2, -0.15) is 0 Å². The molecule has 1 aromatic carbocycles. The molecular formula is C36H58O2S2. The summed E-state index contributed by atoms with van der Waals surface area (Å²) in [5.41, 5.74) is 0. The monoisotopic (exact) mass is 586 g/mol. The number of hydrogen-bond acceptors (Lipinski definition) is 4. The zero-order valence-corrected chi connectivity index (χ0v) is 28.0. The van der Waals surface area contributed by atoms with Gasteiger partial charge in [0.1, 0.15) is 11.5 Å². The van der Waals surface area contributed by atoms with E-state index in [2.05, 4.69) is 39.8 Å². The molecule has 0 radical (unpaired) electrons. The Bertz CT molecular complexity index is 941. The molecule has 0 aliphatic heterocycles. The maximum Gasteiger partial charge on any atom is 0.146 e. The van der Waals surface area contributed by atoms with Gasteiger partial charge in [-0.15, -0.1) is 22.7 Å². The molecule has 40 heavy (non-hydrogen) atoms. The van der Waals surface area contributed by atoms with Gasteiger partial charge in [0.25, 0.3) is 0 Å². The molecule has 2 aromatic heterocycles. The van der Waals surface area contributed by atoms with Crippen LogP contribution in [0.2, 0.25) is 0 Å². The van der Waals surface area contributed by atoms with Gasteiger partial charge in [0.05, 0.1) is 22.6 Å². The van der Waals surface area contributed by atoms with Gasteiger partial charge in [-0.05, 0) is 38.8 Å². The van der Waals surface area contributed by atoms with Crippen molar-refractivity contribution in [1.29, 1.82) is 0 Å². The van der Waals surface area contributed by atoms with Crippen LogP contribution in [0.15, 0.2) is 12.1 Å². The Morgan fingerprint density at radius 3 is 1.07 bits per heavy atom. The van der Waals surface area contributed by atoms with Crippen molar-refractivity contribution in [1.82, 2.24) is 0 Å². The number of rotatable bonds is 24. The molecule has 2 heterocycles. The molecule has 0 N–H and O–H groups in total. The molecule has 0 atom stereocenters. The second kappa shape index (κ2) is 19.8. The van der Waals surface area contributed by atoms with Crippen molar-refractivity contribution in [2.75, 3.05) is 13.2 Å². The van der Waals surface area contributed by atoms with E-state index in [1.807, 2.05) is 22.7 Å². The van der Waals surface area contributed by atoms with Crippen molar-refractivity contribution in [2.24, 2.45) is 0 Å². The lowest BCUT2D eigenvalue weighted by molar-refractivity contribution is 0.307. The highest BCUT2D eigenvalue weighted by atomic mass is 32.1. The van der Waals surface area contributed by atoms with Crippen LogP contribution in [-0.2, 0) is 0 Å². The second-order valence-electron chi connectivity index (χ2n) is 11.9. The third kappa shape index (κ3) is 11.2. The molecule has 3 aromatic rings. The number of thiophene rings is 2. The number of unbranched alkanes of at least 4 members (excludes halogenated alkanes) is 18. The Labute approximate surface area is 254 Å². The first kappa shape index (κ1) is 33.2. The van der Waals surface area contributed by atoms with Crippen molar-refractivity contribution in [3.63, 3.8) is 0 Å². The van der Waals surface area contributed by atoms with Gasteiger partial charge in [0.2, 0.25) is 0 Å². The largest absolute Gasteiger partial charge is 0.491 e. The molecule has 4 heteroatoms. The first-order chi connectivity index (χ1) is 19.7. The van der Waals surface area contributed by atoms with Crippen LogP contribution < -0.4 is 9.47 Å². The van der Waals surface area contributed by atoms with E-state index in [0.717, 1.165) is 37.6 Å². The van der Waals surface area contributed by atoms with Gasteiger partial charge in [0.15, 0.2) is 0 Å². The third-order valence-electron chi connectivity index (χ3n) is 8.10. The number of fused-ring (bicyclic) bond motifs is 2. The zero-order chi connectivity index (χ0) is 28.4. The number of aryl methyl sites for hydroxylation is 2. The van der Waals surface area contributed by atoms with Crippen LogP contribution in [0.4, 0.5) is 0 Å². The predicted molar refractivity (Wildman–Crippen MR) is 181 cm³/mol. The molecule has 0 unspecified atom stereocenters. The lowest BCUT2D eigenvalue weighted by Crippen LogP contribution is -2.00. The molecule has 0 amide bonds. The fraction of sp³-hybridized carbons (Fsp3) is 0.722. The molecule has 0 saturated carbocycles. The molecule has 0 bridgehead atoms. The van der Waals surface area contributed by atoms with Gasteiger partial charge in [-0.25, -0.2) is 0 Å². The summed E-state index contributed by atoms with van der Waals surface area (Å²) in [7, 11) is 0. The lowest BCUT2D eigenvalue weighted by Gasteiger charge is -2.14. The molecule has 0 fully saturated rings. The van der Waals surface area contributed by atoms with Gasteiger partial charge >= 0.3 is 0 Å². The molecule has 226 valence electrons. The van der Waals surface area contributed by atoms with Crippen LogP contribution in [0.25, 0.3) is 20.2 Å². The summed E-state index contributed by atoms with van der Waals surface area (Å²) in [5, 5.41) is 2.50. The van der Waals surface area contributed by atoms with E-state index in [1.54, 1.807) is 0 Å². The van der Waals surface area contributed by atoms with Crippen molar-refractivity contribution in [2.45, 2.75) is 156 Å². The van der Waals surface area contributed by atoms with E-state index >= 15 is 0 Å². The quantitative estimate of drug-likeness (QED) is 0.0972. The summed E-state index contributed by atoms with van der Waals surface area (Å²) in [6.45, 7) is 10.6. The minimum absolute atomic E-state index is 0.811. The van der Waals surface area contributed by atoms with Crippen molar-refractivity contribution in [3.05, 3.63) is 21.9 Å². The summed E-state index contributed by atoms with van der Waals surface area (Å²) >= 11 is 3.72. The third-order valence-corrected chi connectivity index (χ3v) is 10.2.